The topological polar surface area (TPSA) is 37.3 Å². The van der Waals surface area contributed by atoms with Crippen molar-refractivity contribution in [3.05, 3.63) is 0 Å². The Labute approximate surface area is 179 Å². The lowest BCUT2D eigenvalue weighted by atomic mass is 9.44. The standard InChI is InChI=1S/C27H46O2/c1-17(2)7-6-8-18(3)21-9-10-22-20-16-25(29)24-15-19(28)11-13-27(24,5)23(20)12-14-26(21,22)4/h17-18,20-25,29H,6-16H2,1-5H3/t18-,20+,21-,22+,23+,24-,25+,26-,27-/m1/s1. The molecule has 0 heterocycles. The molecule has 166 valence electrons. The lowest BCUT2D eigenvalue weighted by molar-refractivity contribution is -0.166. The molecular formula is C27H46O2. The molecule has 4 fully saturated rings. The largest absolute Gasteiger partial charge is 0.393 e. The smallest absolute Gasteiger partial charge is 0.133 e. The van der Waals surface area contributed by atoms with E-state index >= 15 is 0 Å². The van der Waals surface area contributed by atoms with Crippen LogP contribution in [0.2, 0.25) is 0 Å². The highest BCUT2D eigenvalue weighted by Gasteiger charge is 2.62. The van der Waals surface area contributed by atoms with Crippen LogP contribution < -0.4 is 0 Å². The summed E-state index contributed by atoms with van der Waals surface area (Å²) < 4.78 is 0. The summed E-state index contributed by atoms with van der Waals surface area (Å²) in [6.45, 7) is 12.3. The fourth-order valence-corrected chi connectivity index (χ4v) is 9.11. The Kier molecular flexibility index (Phi) is 5.99. The summed E-state index contributed by atoms with van der Waals surface area (Å²) in [5, 5.41) is 11.1. The van der Waals surface area contributed by atoms with Gasteiger partial charge in [0.25, 0.3) is 0 Å². The van der Waals surface area contributed by atoms with Crippen LogP contribution in [0.15, 0.2) is 0 Å². The number of carbonyl (C=O) groups is 1. The van der Waals surface area contributed by atoms with Crippen molar-refractivity contribution in [3.63, 3.8) is 0 Å². The zero-order valence-electron chi connectivity index (χ0n) is 19.8. The van der Waals surface area contributed by atoms with Crippen LogP contribution in [0.5, 0.6) is 0 Å². The average Bonchev–Trinajstić information content (AvgIpc) is 3.00. The average molecular weight is 403 g/mol. The van der Waals surface area contributed by atoms with E-state index in [1.807, 2.05) is 0 Å². The molecule has 0 unspecified atom stereocenters. The van der Waals surface area contributed by atoms with Gasteiger partial charge in [0.1, 0.15) is 5.78 Å². The van der Waals surface area contributed by atoms with Gasteiger partial charge in [-0.3, -0.25) is 4.79 Å². The van der Waals surface area contributed by atoms with Crippen LogP contribution in [0.1, 0.15) is 105 Å². The third-order valence-corrected chi connectivity index (χ3v) is 10.7. The first kappa shape index (κ1) is 21.8. The first-order chi connectivity index (χ1) is 13.7. The van der Waals surface area contributed by atoms with E-state index < -0.39 is 0 Å². The van der Waals surface area contributed by atoms with Gasteiger partial charge in [-0.15, -0.1) is 0 Å². The predicted octanol–water partition coefficient (Wildman–Crippen LogP) is 6.65. The monoisotopic (exact) mass is 402 g/mol. The molecule has 0 aromatic rings. The normalized spacial score (nSPS) is 48.2. The summed E-state index contributed by atoms with van der Waals surface area (Å²) in [4.78, 5) is 12.1. The number of hydrogen-bond donors (Lipinski definition) is 1. The Morgan fingerprint density at radius 3 is 2.41 bits per heavy atom. The number of carbonyl (C=O) groups excluding carboxylic acids is 1. The van der Waals surface area contributed by atoms with Crippen LogP contribution in [0.25, 0.3) is 0 Å². The molecule has 4 aliphatic carbocycles. The van der Waals surface area contributed by atoms with E-state index in [1.54, 1.807) is 0 Å². The lowest BCUT2D eigenvalue weighted by Gasteiger charge is -2.61. The van der Waals surface area contributed by atoms with Crippen molar-refractivity contribution in [1.82, 2.24) is 0 Å². The Hall–Kier alpha value is -0.370. The third-order valence-electron chi connectivity index (χ3n) is 10.7. The predicted molar refractivity (Wildman–Crippen MR) is 119 cm³/mol. The molecular weight excluding hydrogens is 356 g/mol. The van der Waals surface area contributed by atoms with Gasteiger partial charge in [-0.2, -0.15) is 0 Å². The number of Topliss-reactive ketones (excluding diaryl/α,β-unsaturated/α-hetero) is 1. The first-order valence-electron chi connectivity index (χ1n) is 12.9. The van der Waals surface area contributed by atoms with Crippen LogP contribution in [0.3, 0.4) is 0 Å². The second kappa shape index (κ2) is 7.95. The highest BCUT2D eigenvalue weighted by atomic mass is 16.3. The van der Waals surface area contributed by atoms with Crippen LogP contribution in [0, 0.1) is 52.3 Å². The Morgan fingerprint density at radius 1 is 0.966 bits per heavy atom. The summed E-state index contributed by atoms with van der Waals surface area (Å²) in [5.41, 5.74) is 0.671. The van der Waals surface area contributed by atoms with Crippen molar-refractivity contribution in [2.45, 2.75) is 111 Å². The van der Waals surface area contributed by atoms with Gasteiger partial charge in [-0.1, -0.05) is 53.9 Å². The quantitative estimate of drug-likeness (QED) is 0.559. The second-order valence-corrected chi connectivity index (χ2v) is 12.6. The van der Waals surface area contributed by atoms with E-state index in [4.69, 9.17) is 0 Å². The van der Waals surface area contributed by atoms with E-state index in [0.29, 0.717) is 23.5 Å². The van der Waals surface area contributed by atoms with Crippen molar-refractivity contribution >= 4 is 5.78 Å². The number of hydrogen-bond acceptors (Lipinski definition) is 2. The molecule has 4 saturated carbocycles. The minimum atomic E-state index is -0.254. The highest BCUT2D eigenvalue weighted by molar-refractivity contribution is 5.79. The van der Waals surface area contributed by atoms with Crippen LogP contribution in [0.4, 0.5) is 0 Å². The van der Waals surface area contributed by atoms with E-state index in [1.165, 1.54) is 44.9 Å². The molecule has 4 rings (SSSR count). The van der Waals surface area contributed by atoms with Crippen molar-refractivity contribution in [2.75, 3.05) is 0 Å². The first-order valence-corrected chi connectivity index (χ1v) is 12.9. The van der Waals surface area contributed by atoms with Crippen LogP contribution >= 0.6 is 0 Å². The fraction of sp³-hybridized carbons (Fsp3) is 0.963. The minimum absolute atomic E-state index is 0.193. The zero-order valence-corrected chi connectivity index (χ0v) is 19.8. The van der Waals surface area contributed by atoms with Crippen molar-refractivity contribution < 1.29 is 9.90 Å². The molecule has 0 spiro atoms. The Morgan fingerprint density at radius 2 is 1.69 bits per heavy atom. The highest BCUT2D eigenvalue weighted by Crippen LogP contribution is 2.68. The summed E-state index contributed by atoms with van der Waals surface area (Å²) >= 11 is 0. The summed E-state index contributed by atoms with van der Waals surface area (Å²) in [5.74, 6) is 5.36. The molecule has 29 heavy (non-hydrogen) atoms. The van der Waals surface area contributed by atoms with E-state index in [0.717, 1.165) is 48.9 Å². The van der Waals surface area contributed by atoms with Crippen LogP contribution in [-0.2, 0) is 4.79 Å². The Balaban J connectivity index is 1.50. The Bertz CT molecular complexity index is 612. The molecule has 1 N–H and O–H groups in total. The maximum atomic E-state index is 12.1. The van der Waals surface area contributed by atoms with Crippen molar-refractivity contribution in [2.24, 2.45) is 52.3 Å². The summed E-state index contributed by atoms with van der Waals surface area (Å²) in [6, 6.07) is 0. The van der Waals surface area contributed by atoms with Gasteiger partial charge >= 0.3 is 0 Å². The fourth-order valence-electron chi connectivity index (χ4n) is 9.11. The second-order valence-electron chi connectivity index (χ2n) is 12.6. The molecule has 2 heteroatoms. The minimum Gasteiger partial charge on any atom is -0.393 e. The number of fused-ring (bicyclic) bond motifs is 5. The van der Waals surface area contributed by atoms with Crippen LogP contribution in [-0.4, -0.2) is 17.0 Å². The molecule has 0 bridgehead atoms. The molecule has 2 nitrogen and oxygen atoms in total. The van der Waals surface area contributed by atoms with Gasteiger partial charge in [0.15, 0.2) is 0 Å². The summed E-state index contributed by atoms with van der Waals surface area (Å²) in [7, 11) is 0. The van der Waals surface area contributed by atoms with Gasteiger partial charge in [0.2, 0.25) is 0 Å². The molecule has 0 aromatic heterocycles. The van der Waals surface area contributed by atoms with E-state index in [9.17, 15) is 9.90 Å². The van der Waals surface area contributed by atoms with Gasteiger partial charge < -0.3 is 5.11 Å². The molecule has 0 radical (unpaired) electrons. The molecule has 0 saturated heterocycles. The molecule has 9 atom stereocenters. The maximum Gasteiger partial charge on any atom is 0.133 e. The molecule has 0 aliphatic heterocycles. The number of aliphatic hydroxyl groups excluding tert-OH is 1. The number of rotatable bonds is 5. The molecule has 4 aliphatic rings. The van der Waals surface area contributed by atoms with Gasteiger partial charge in [-0.25, -0.2) is 0 Å². The lowest BCUT2D eigenvalue weighted by Crippen LogP contribution is -2.58. The van der Waals surface area contributed by atoms with Gasteiger partial charge in [0.05, 0.1) is 6.10 Å². The van der Waals surface area contributed by atoms with Gasteiger partial charge in [-0.05, 0) is 90.8 Å². The molecule has 0 aromatic carbocycles. The molecule has 0 amide bonds. The SMILES string of the molecule is CC(C)CCC[C@@H](C)[C@H]1CC[C@H]2[C@@H]3C[C@H](O)[C@H]4CC(=O)CC[C@]4(C)[C@H]3CC[C@]12C. The van der Waals surface area contributed by atoms with Crippen molar-refractivity contribution in [1.29, 1.82) is 0 Å². The van der Waals surface area contributed by atoms with E-state index in [2.05, 4.69) is 34.6 Å². The number of ketones is 1. The maximum absolute atomic E-state index is 12.1. The van der Waals surface area contributed by atoms with E-state index in [-0.39, 0.29) is 17.4 Å². The van der Waals surface area contributed by atoms with Gasteiger partial charge in [0, 0.05) is 12.8 Å². The van der Waals surface area contributed by atoms with Crippen molar-refractivity contribution in [3.8, 4) is 0 Å². The number of aliphatic hydroxyl groups is 1. The third kappa shape index (κ3) is 3.64. The summed E-state index contributed by atoms with van der Waals surface area (Å²) in [6.07, 6.45) is 12.8. The zero-order chi connectivity index (χ0) is 21.0.